The second-order valence-corrected chi connectivity index (χ2v) is 6.17. The van der Waals surface area contributed by atoms with E-state index in [1.54, 1.807) is 0 Å². The summed E-state index contributed by atoms with van der Waals surface area (Å²) >= 11 is 0. The maximum atomic E-state index is 14.4. The molecule has 22 heavy (non-hydrogen) atoms. The van der Waals surface area contributed by atoms with Gasteiger partial charge in [-0.25, -0.2) is 4.39 Å². The molecule has 0 aliphatic heterocycles. The number of hydrogen-bond donors (Lipinski definition) is 0. The zero-order chi connectivity index (χ0) is 15.7. The van der Waals surface area contributed by atoms with Crippen LogP contribution in [-0.2, 0) is 6.42 Å². The molecular formula is C16H18F4O2. The van der Waals surface area contributed by atoms with Gasteiger partial charge >= 0.3 is 6.36 Å². The Labute approximate surface area is 126 Å². The van der Waals surface area contributed by atoms with Crippen LogP contribution >= 0.6 is 0 Å². The maximum Gasteiger partial charge on any atom is 0.573 e. The zero-order valence-electron chi connectivity index (χ0n) is 12.1. The molecule has 0 N–H and O–H groups in total. The van der Waals surface area contributed by atoms with Gasteiger partial charge in [0.25, 0.3) is 0 Å². The second-order valence-electron chi connectivity index (χ2n) is 6.17. The molecule has 2 nitrogen and oxygen atoms in total. The molecule has 0 radical (unpaired) electrons. The van der Waals surface area contributed by atoms with Gasteiger partial charge in [0.15, 0.2) is 11.6 Å². The molecule has 1 aromatic carbocycles. The fourth-order valence-electron chi connectivity index (χ4n) is 2.56. The van der Waals surface area contributed by atoms with Crippen LogP contribution < -0.4 is 9.47 Å². The minimum Gasteiger partial charge on any atom is -0.489 e. The van der Waals surface area contributed by atoms with E-state index in [4.69, 9.17) is 4.74 Å². The summed E-state index contributed by atoms with van der Waals surface area (Å²) < 4.78 is 61.3. The van der Waals surface area contributed by atoms with Crippen molar-refractivity contribution in [1.82, 2.24) is 0 Å². The van der Waals surface area contributed by atoms with Gasteiger partial charge in [0.05, 0.1) is 6.61 Å². The minimum absolute atomic E-state index is 0.165. The molecule has 1 aromatic rings. The lowest BCUT2D eigenvalue weighted by Crippen LogP contribution is -2.22. The van der Waals surface area contributed by atoms with E-state index in [9.17, 15) is 17.6 Å². The third-order valence-corrected chi connectivity index (χ3v) is 4.26. The van der Waals surface area contributed by atoms with Gasteiger partial charge < -0.3 is 9.47 Å². The molecule has 0 saturated heterocycles. The molecule has 0 amide bonds. The van der Waals surface area contributed by atoms with Gasteiger partial charge in [-0.05, 0) is 55.6 Å². The van der Waals surface area contributed by atoms with Crippen molar-refractivity contribution in [2.75, 3.05) is 6.61 Å². The molecule has 0 heterocycles. The molecule has 2 fully saturated rings. The smallest absolute Gasteiger partial charge is 0.489 e. The van der Waals surface area contributed by atoms with Crippen molar-refractivity contribution in [3.8, 4) is 11.5 Å². The summed E-state index contributed by atoms with van der Waals surface area (Å²) in [6.07, 6.45) is 0.601. The highest BCUT2D eigenvalue weighted by atomic mass is 19.4. The molecule has 0 bridgehead atoms. The van der Waals surface area contributed by atoms with E-state index in [1.165, 1.54) is 12.1 Å². The summed E-state index contributed by atoms with van der Waals surface area (Å²) in [6.45, 7) is 0.301. The predicted molar refractivity (Wildman–Crippen MR) is 72.3 cm³/mol. The quantitative estimate of drug-likeness (QED) is 0.698. The van der Waals surface area contributed by atoms with E-state index in [1.807, 2.05) is 0 Å². The van der Waals surface area contributed by atoms with Gasteiger partial charge in [-0.2, -0.15) is 0 Å². The molecule has 0 atom stereocenters. The first-order valence-electron chi connectivity index (χ1n) is 7.62. The summed E-state index contributed by atoms with van der Waals surface area (Å²) in [5, 5.41) is 0. The summed E-state index contributed by atoms with van der Waals surface area (Å²) in [5.74, 6) is -1.23. The number of hydrogen-bond acceptors (Lipinski definition) is 2. The van der Waals surface area contributed by atoms with E-state index in [-0.39, 0.29) is 11.3 Å². The number of alkyl halides is 3. The second kappa shape index (κ2) is 5.97. The van der Waals surface area contributed by atoms with Gasteiger partial charge in [-0.1, -0.05) is 12.5 Å². The van der Waals surface area contributed by atoms with Crippen LogP contribution in [0, 0.1) is 17.7 Å². The average molecular weight is 318 g/mol. The highest BCUT2D eigenvalue weighted by molar-refractivity contribution is 5.45. The lowest BCUT2D eigenvalue weighted by Gasteiger charge is -2.26. The zero-order valence-corrected chi connectivity index (χ0v) is 12.1. The Kier molecular flexibility index (Phi) is 4.19. The van der Waals surface area contributed by atoms with E-state index < -0.39 is 17.9 Å². The Balaban J connectivity index is 1.80. The van der Waals surface area contributed by atoms with Crippen LogP contribution in [0.5, 0.6) is 11.5 Å². The van der Waals surface area contributed by atoms with E-state index in [2.05, 4.69) is 4.74 Å². The molecule has 2 aliphatic carbocycles. The van der Waals surface area contributed by atoms with Crippen molar-refractivity contribution < 1.29 is 27.0 Å². The minimum atomic E-state index is -4.94. The summed E-state index contributed by atoms with van der Waals surface area (Å²) in [7, 11) is 0. The molecule has 0 spiro atoms. The van der Waals surface area contributed by atoms with Crippen LogP contribution in [0.3, 0.4) is 0 Å². The number of rotatable bonds is 6. The van der Waals surface area contributed by atoms with Crippen molar-refractivity contribution in [3.05, 3.63) is 23.5 Å². The average Bonchev–Trinajstić information content (AvgIpc) is 3.17. The van der Waals surface area contributed by atoms with E-state index >= 15 is 0 Å². The molecule has 3 rings (SSSR count). The number of ether oxygens (including phenoxy) is 2. The van der Waals surface area contributed by atoms with Crippen molar-refractivity contribution >= 4 is 0 Å². The third-order valence-electron chi connectivity index (χ3n) is 4.26. The van der Waals surface area contributed by atoms with Crippen LogP contribution in [0.2, 0.25) is 0 Å². The standard InChI is InChI=1S/C16H18F4O2/c17-14-12(8-10-4-5-10)6-7-13(15(14)22-16(18,19)20)21-9-11-2-1-3-11/h6-7,10-11H,1-5,8-9H2. The molecule has 0 unspecified atom stereocenters. The number of halogens is 4. The highest BCUT2D eigenvalue weighted by Crippen LogP contribution is 2.40. The molecular weight excluding hydrogens is 300 g/mol. The topological polar surface area (TPSA) is 18.5 Å². The Hall–Kier alpha value is -1.46. The highest BCUT2D eigenvalue weighted by Gasteiger charge is 2.35. The molecule has 2 saturated carbocycles. The summed E-state index contributed by atoms with van der Waals surface area (Å²) in [6, 6.07) is 2.90. The Morgan fingerprint density at radius 1 is 1.05 bits per heavy atom. The SMILES string of the molecule is Fc1c(CC2CC2)ccc(OCC2CCC2)c1OC(F)(F)F. The van der Waals surface area contributed by atoms with Crippen molar-refractivity contribution in [1.29, 1.82) is 0 Å². The molecule has 122 valence electrons. The van der Waals surface area contributed by atoms with Crippen LogP contribution in [0.25, 0.3) is 0 Å². The van der Waals surface area contributed by atoms with Crippen LogP contribution in [0.1, 0.15) is 37.7 Å². The monoisotopic (exact) mass is 318 g/mol. The fraction of sp³-hybridized carbons (Fsp3) is 0.625. The van der Waals surface area contributed by atoms with Crippen LogP contribution in [0.15, 0.2) is 12.1 Å². The Morgan fingerprint density at radius 3 is 2.32 bits per heavy atom. The van der Waals surface area contributed by atoms with Crippen molar-refractivity contribution in [2.24, 2.45) is 11.8 Å². The van der Waals surface area contributed by atoms with E-state index in [0.717, 1.165) is 32.1 Å². The molecule has 0 aromatic heterocycles. The first-order valence-corrected chi connectivity index (χ1v) is 7.62. The third kappa shape index (κ3) is 3.84. The summed E-state index contributed by atoms with van der Waals surface area (Å²) in [5.41, 5.74) is 0.262. The van der Waals surface area contributed by atoms with Gasteiger partial charge in [-0.15, -0.1) is 13.2 Å². The normalized spacial score (nSPS) is 18.9. The molecule has 6 heteroatoms. The molecule has 2 aliphatic rings. The Morgan fingerprint density at radius 2 is 1.77 bits per heavy atom. The first-order chi connectivity index (χ1) is 10.4. The van der Waals surface area contributed by atoms with Gasteiger partial charge in [0.1, 0.15) is 0 Å². The lowest BCUT2D eigenvalue weighted by atomic mass is 9.86. The summed E-state index contributed by atoms with van der Waals surface area (Å²) in [4.78, 5) is 0. The van der Waals surface area contributed by atoms with Gasteiger partial charge in [-0.3, -0.25) is 0 Å². The van der Waals surface area contributed by atoms with Crippen molar-refractivity contribution in [2.45, 2.75) is 44.9 Å². The largest absolute Gasteiger partial charge is 0.573 e. The van der Waals surface area contributed by atoms with E-state index in [0.29, 0.717) is 24.9 Å². The van der Waals surface area contributed by atoms with Gasteiger partial charge in [0.2, 0.25) is 5.75 Å². The lowest BCUT2D eigenvalue weighted by molar-refractivity contribution is -0.276. The van der Waals surface area contributed by atoms with Crippen LogP contribution in [0.4, 0.5) is 17.6 Å². The van der Waals surface area contributed by atoms with Crippen LogP contribution in [-0.4, -0.2) is 13.0 Å². The Bertz CT molecular complexity index is 534. The maximum absolute atomic E-state index is 14.4. The number of benzene rings is 1. The predicted octanol–water partition coefficient (Wildman–Crippen LogP) is 4.86. The first kappa shape index (κ1) is 15.4. The van der Waals surface area contributed by atoms with Crippen molar-refractivity contribution in [3.63, 3.8) is 0 Å². The van der Waals surface area contributed by atoms with Gasteiger partial charge in [0, 0.05) is 0 Å². The fourth-order valence-corrected chi connectivity index (χ4v) is 2.56.